The molecule has 46 heavy (non-hydrogen) atoms. The second-order valence-corrected chi connectivity index (χ2v) is 13.8. The quantitative estimate of drug-likeness (QED) is 0.230. The molecule has 6 rings (SSSR count). The summed E-state index contributed by atoms with van der Waals surface area (Å²) < 4.78 is 103. The molecule has 0 saturated carbocycles. The summed E-state index contributed by atoms with van der Waals surface area (Å²) in [6, 6.07) is 8.33. The van der Waals surface area contributed by atoms with Crippen molar-refractivity contribution in [3.8, 4) is 0 Å². The standard InChI is InChI=1S/C10H9N3OS.C9H7N3O2S.C8H6N4O2S.CH4/c1-15(14,9-6-11-8-12-7-9)10-4-2-3-5-13-10;13-15(14,8-4-1-2-6-10-8)9-5-3-7-11-12-9;13-15(14,7-5-9-1-3-11-7)8-6-10-2-4-12-8;/h2-8H,1H2;1-7H;1-6H;1H4/i3D,8D;2D,7D;1D,2D;. The molecule has 1 unspecified atom stereocenters. The van der Waals surface area contributed by atoms with Crippen LogP contribution in [0.1, 0.15) is 15.7 Å². The van der Waals surface area contributed by atoms with Gasteiger partial charge in [0, 0.05) is 65.2 Å². The van der Waals surface area contributed by atoms with Crippen LogP contribution in [-0.4, -0.2) is 77.0 Å². The lowest BCUT2D eigenvalue weighted by Crippen LogP contribution is -2.06. The van der Waals surface area contributed by atoms with E-state index in [1.807, 2.05) is 0 Å². The summed E-state index contributed by atoms with van der Waals surface area (Å²) in [5.74, 6) is 3.63. The maximum absolute atomic E-state index is 12.4. The van der Waals surface area contributed by atoms with E-state index in [9.17, 15) is 21.0 Å². The molecule has 0 aliphatic rings. The molecular weight excluding hydrogens is 653 g/mol. The fourth-order valence-electron chi connectivity index (χ4n) is 2.90. The first-order chi connectivity index (χ1) is 24.0. The predicted molar refractivity (Wildman–Crippen MR) is 166 cm³/mol. The van der Waals surface area contributed by atoms with Crippen molar-refractivity contribution in [1.29, 1.82) is 0 Å². The summed E-state index contributed by atoms with van der Waals surface area (Å²) in [6.45, 7) is 0. The zero-order valence-corrected chi connectivity index (χ0v) is 25.0. The molecule has 1 atom stereocenters. The van der Waals surface area contributed by atoms with Crippen LogP contribution in [0.5, 0.6) is 0 Å². The highest BCUT2D eigenvalue weighted by Gasteiger charge is 2.21. The summed E-state index contributed by atoms with van der Waals surface area (Å²) in [4.78, 5) is 29.5. The third-order valence-corrected chi connectivity index (χ3v) is 9.97. The minimum Gasteiger partial charge on any atom is -0.260 e. The number of sulfone groups is 2. The summed E-state index contributed by atoms with van der Waals surface area (Å²) in [5, 5.41) is 6.00. The SMILES string of the molecule is C.[2H]c1ccc(S(=C)(=O)c2cnc([2H])nc2)nc1.[2H]c1ccc(S(=O)(=O)c2ccc([2H])nn2)nc1.[2H]c1cnc(S(=O)(=O)c2cnc([2H])cn2)cn1. The molecule has 0 aromatic carbocycles. The van der Waals surface area contributed by atoms with Crippen LogP contribution in [-0.2, 0) is 29.2 Å². The third kappa shape index (κ3) is 8.80. The van der Waals surface area contributed by atoms with Gasteiger partial charge in [-0.2, -0.15) is 5.10 Å². The number of hydrogen-bond acceptors (Lipinski definition) is 15. The van der Waals surface area contributed by atoms with Crippen LogP contribution >= 0.6 is 0 Å². The highest BCUT2D eigenvalue weighted by Crippen LogP contribution is 2.17. The van der Waals surface area contributed by atoms with E-state index < -0.39 is 29.2 Å². The molecular formula is C28H26N10O5S3. The molecule has 0 aliphatic carbocycles. The van der Waals surface area contributed by atoms with Gasteiger partial charge in [-0.1, -0.05) is 19.6 Å². The molecule has 0 fully saturated rings. The predicted octanol–water partition coefficient (Wildman–Crippen LogP) is 2.45. The van der Waals surface area contributed by atoms with E-state index in [4.69, 9.17) is 8.22 Å². The Morgan fingerprint density at radius 1 is 0.565 bits per heavy atom. The Balaban J connectivity index is 0.000000208. The minimum atomic E-state index is -3.89. The monoisotopic (exact) mass is 684 g/mol. The summed E-state index contributed by atoms with van der Waals surface area (Å²) in [6.07, 6.45) is 8.56. The average Bonchev–Trinajstić information content (AvgIpc) is 3.10. The molecule has 15 nitrogen and oxygen atoms in total. The van der Waals surface area contributed by atoms with Gasteiger partial charge in [0.2, 0.25) is 19.7 Å². The van der Waals surface area contributed by atoms with E-state index >= 15 is 0 Å². The van der Waals surface area contributed by atoms with E-state index in [0.29, 0.717) is 4.90 Å². The van der Waals surface area contributed by atoms with E-state index in [2.05, 4.69) is 55.9 Å². The molecule has 0 radical (unpaired) electrons. The summed E-state index contributed by atoms with van der Waals surface area (Å²) >= 11 is 0. The second-order valence-electron chi connectivity index (χ2n) is 7.86. The normalized spacial score (nSPS) is 13.8. The Labute approximate surface area is 274 Å². The number of rotatable bonds is 6. The topological polar surface area (TPSA) is 214 Å². The Morgan fingerprint density at radius 2 is 1.07 bits per heavy atom. The van der Waals surface area contributed by atoms with Gasteiger partial charge in [0.15, 0.2) is 20.1 Å². The van der Waals surface area contributed by atoms with E-state index in [-0.39, 0.29) is 69.5 Å². The van der Waals surface area contributed by atoms with Gasteiger partial charge in [0.25, 0.3) is 0 Å². The summed E-state index contributed by atoms with van der Waals surface area (Å²) in [7, 11) is -10.5. The lowest BCUT2D eigenvalue weighted by molar-refractivity contribution is 0.585. The van der Waals surface area contributed by atoms with Crippen LogP contribution in [0.15, 0.2) is 153 Å². The Morgan fingerprint density at radius 3 is 1.52 bits per heavy atom. The average molecular weight is 685 g/mol. The second kappa shape index (κ2) is 16.0. The van der Waals surface area contributed by atoms with Gasteiger partial charge in [-0.25, -0.2) is 46.7 Å². The maximum atomic E-state index is 12.4. The van der Waals surface area contributed by atoms with Gasteiger partial charge in [0.05, 0.1) is 24.1 Å². The first-order valence-corrected chi connectivity index (χ1v) is 16.6. The highest BCUT2D eigenvalue weighted by molar-refractivity contribution is 8.00. The van der Waals surface area contributed by atoms with E-state index in [1.54, 1.807) is 0 Å². The van der Waals surface area contributed by atoms with E-state index in [0.717, 1.165) is 31.0 Å². The fraction of sp³-hybridized carbons (Fsp3) is 0.0357. The highest BCUT2D eigenvalue weighted by atomic mass is 32.2. The molecule has 0 bridgehead atoms. The Bertz CT molecular complexity index is 2000. The Hall–Kier alpha value is -5.46. The maximum Gasteiger partial charge on any atom is 0.244 e. The largest absolute Gasteiger partial charge is 0.260 e. The van der Waals surface area contributed by atoms with Gasteiger partial charge in [-0.3, -0.25) is 14.2 Å². The van der Waals surface area contributed by atoms with Gasteiger partial charge in [-0.15, -0.1) is 5.10 Å². The van der Waals surface area contributed by atoms with Crippen LogP contribution in [0, 0.1) is 0 Å². The molecule has 18 heteroatoms. The lowest BCUT2D eigenvalue weighted by Gasteiger charge is -2.06. The van der Waals surface area contributed by atoms with Crippen LogP contribution in [0.25, 0.3) is 0 Å². The van der Waals surface area contributed by atoms with Crippen LogP contribution in [0.4, 0.5) is 0 Å². The van der Waals surface area contributed by atoms with Crippen LogP contribution < -0.4 is 0 Å². The van der Waals surface area contributed by atoms with Gasteiger partial charge in [-0.05, 0) is 42.2 Å². The zero-order chi connectivity index (χ0) is 37.4. The number of aromatic nitrogens is 10. The van der Waals surface area contributed by atoms with Crippen molar-refractivity contribution in [3.63, 3.8) is 0 Å². The number of hydrogen-bond donors (Lipinski definition) is 0. The van der Waals surface area contributed by atoms with Crippen molar-refractivity contribution in [1.82, 2.24) is 50.1 Å². The molecule has 0 spiro atoms. The molecule has 236 valence electrons. The fourth-order valence-corrected chi connectivity index (χ4v) is 6.13. The van der Waals surface area contributed by atoms with Gasteiger partial charge >= 0.3 is 0 Å². The first kappa shape index (κ1) is 26.9. The smallest absolute Gasteiger partial charge is 0.244 e. The van der Waals surface area contributed by atoms with E-state index in [1.165, 1.54) is 55.0 Å². The first-order valence-electron chi connectivity index (χ1n) is 14.9. The van der Waals surface area contributed by atoms with Gasteiger partial charge in [0.1, 0.15) is 12.7 Å². The van der Waals surface area contributed by atoms with Crippen molar-refractivity contribution in [3.05, 3.63) is 123 Å². The van der Waals surface area contributed by atoms with Crippen LogP contribution in [0.3, 0.4) is 0 Å². The molecule has 0 N–H and O–H groups in total. The summed E-state index contributed by atoms with van der Waals surface area (Å²) in [5.41, 5.74) is 0. The number of pyridine rings is 2. The molecule has 0 aliphatic heterocycles. The van der Waals surface area contributed by atoms with Crippen molar-refractivity contribution < 1.29 is 29.3 Å². The molecule has 6 aromatic heterocycles. The third-order valence-electron chi connectivity index (χ3n) is 5.00. The minimum absolute atomic E-state index is 0. The molecule has 6 heterocycles. The Kier molecular flexibility index (Phi) is 9.37. The van der Waals surface area contributed by atoms with Crippen LogP contribution in [0.2, 0.25) is 0 Å². The van der Waals surface area contributed by atoms with Crippen molar-refractivity contribution >= 4 is 35.1 Å². The lowest BCUT2D eigenvalue weighted by atomic mass is 10.5. The number of nitrogens with zero attached hydrogens (tertiary/aromatic N) is 10. The van der Waals surface area contributed by atoms with Gasteiger partial charge < -0.3 is 0 Å². The molecule has 6 aromatic rings. The zero-order valence-electron chi connectivity index (χ0n) is 28.5. The van der Waals surface area contributed by atoms with Crippen molar-refractivity contribution in [2.24, 2.45) is 0 Å². The van der Waals surface area contributed by atoms with Crippen molar-refractivity contribution in [2.75, 3.05) is 0 Å². The van der Waals surface area contributed by atoms with Crippen molar-refractivity contribution in [2.45, 2.75) is 37.5 Å². The molecule has 0 saturated heterocycles. The molecule has 0 amide bonds.